The Morgan fingerprint density at radius 3 is 2.12 bits per heavy atom. The number of benzene rings is 1. The van der Waals surface area contributed by atoms with Crippen molar-refractivity contribution in [3.05, 3.63) is 34.9 Å². The van der Waals surface area contributed by atoms with Crippen LogP contribution in [0.4, 0.5) is 0 Å². The maximum Gasteiger partial charge on any atom is 0.0426 e. The highest BCUT2D eigenvalue weighted by atomic mass is 79.9. The van der Waals surface area contributed by atoms with Crippen molar-refractivity contribution < 1.29 is 0 Å². The van der Waals surface area contributed by atoms with Crippen molar-refractivity contribution in [1.82, 2.24) is 0 Å². The fourth-order valence-electron chi connectivity index (χ4n) is 2.35. The summed E-state index contributed by atoms with van der Waals surface area (Å²) in [6.07, 6.45) is 2.78. The minimum absolute atomic E-state index is 0.570. The quantitative estimate of drug-likeness (QED) is 0.618. The summed E-state index contributed by atoms with van der Waals surface area (Å²) in [5.41, 5.74) is 4.52. The minimum atomic E-state index is 0.570. The summed E-state index contributed by atoms with van der Waals surface area (Å²) < 4.78 is 0. The van der Waals surface area contributed by atoms with Crippen LogP contribution in [-0.2, 0) is 0 Å². The number of hydrogen-bond acceptors (Lipinski definition) is 0. The molecular weight excluding hydrogens is 272 g/mol. The van der Waals surface area contributed by atoms with Gasteiger partial charge in [0.1, 0.15) is 0 Å². The van der Waals surface area contributed by atoms with Gasteiger partial charge in [-0.2, -0.15) is 0 Å². The first-order valence-electron chi connectivity index (χ1n) is 6.78. The Hall–Kier alpha value is -0.300. The number of halogens is 1. The molecule has 1 unspecified atom stereocenters. The van der Waals surface area contributed by atoms with Gasteiger partial charge in [0.2, 0.25) is 0 Å². The van der Waals surface area contributed by atoms with E-state index in [1.54, 1.807) is 0 Å². The lowest BCUT2D eigenvalue weighted by Gasteiger charge is -2.19. The summed E-state index contributed by atoms with van der Waals surface area (Å²) in [5, 5.41) is 0. The molecule has 0 N–H and O–H groups in total. The molecule has 94 valence electrons. The fourth-order valence-corrected chi connectivity index (χ4v) is 3.29. The van der Waals surface area contributed by atoms with Crippen molar-refractivity contribution in [2.75, 3.05) is 0 Å². The lowest BCUT2D eigenvalue weighted by Crippen LogP contribution is -2.02. The fraction of sp³-hybridized carbons (Fsp3) is 0.625. The molecular formula is C16H23Br. The molecule has 1 aromatic carbocycles. The van der Waals surface area contributed by atoms with E-state index in [1.807, 2.05) is 0 Å². The van der Waals surface area contributed by atoms with Crippen LogP contribution in [0.2, 0.25) is 0 Å². The molecule has 1 heteroatoms. The number of rotatable bonds is 4. The molecule has 0 spiro atoms. The predicted octanol–water partition coefficient (Wildman–Crippen LogP) is 5.78. The zero-order chi connectivity index (χ0) is 12.6. The van der Waals surface area contributed by atoms with Crippen LogP contribution in [0.25, 0.3) is 0 Å². The van der Waals surface area contributed by atoms with Crippen molar-refractivity contribution in [3.8, 4) is 0 Å². The van der Waals surface area contributed by atoms with Gasteiger partial charge in [0, 0.05) is 4.83 Å². The van der Waals surface area contributed by atoms with Gasteiger partial charge < -0.3 is 0 Å². The third-order valence-corrected chi connectivity index (χ3v) is 4.97. The molecule has 0 nitrogen and oxygen atoms in total. The van der Waals surface area contributed by atoms with Crippen LogP contribution in [0.15, 0.2) is 18.2 Å². The third-order valence-electron chi connectivity index (χ3n) is 3.73. The molecule has 1 aliphatic rings. The van der Waals surface area contributed by atoms with Gasteiger partial charge in [0.05, 0.1) is 0 Å². The Labute approximate surface area is 114 Å². The van der Waals surface area contributed by atoms with E-state index >= 15 is 0 Å². The van der Waals surface area contributed by atoms with Gasteiger partial charge >= 0.3 is 0 Å². The van der Waals surface area contributed by atoms with E-state index in [4.69, 9.17) is 0 Å². The van der Waals surface area contributed by atoms with Crippen LogP contribution < -0.4 is 0 Å². The second kappa shape index (κ2) is 5.14. The van der Waals surface area contributed by atoms with Crippen LogP contribution in [0.5, 0.6) is 0 Å². The minimum Gasteiger partial charge on any atom is -0.0836 e. The van der Waals surface area contributed by atoms with E-state index in [0.717, 1.165) is 5.92 Å². The van der Waals surface area contributed by atoms with Gasteiger partial charge in [-0.15, -0.1) is 0 Å². The van der Waals surface area contributed by atoms with Crippen molar-refractivity contribution in [2.24, 2.45) is 5.92 Å². The Kier molecular flexibility index (Phi) is 3.97. The Balaban J connectivity index is 2.36. The molecule has 0 radical (unpaired) electrons. The van der Waals surface area contributed by atoms with Crippen molar-refractivity contribution in [3.63, 3.8) is 0 Å². The standard InChI is InChI=1S/C16H23Br/c1-10(2)13-7-8-14(15(9-13)11(3)4)16(17)12-5-6-12/h7-12,16H,5-6H2,1-4H3. The van der Waals surface area contributed by atoms with Crippen LogP contribution >= 0.6 is 15.9 Å². The van der Waals surface area contributed by atoms with Crippen LogP contribution in [-0.4, -0.2) is 0 Å². The summed E-state index contributed by atoms with van der Waals surface area (Å²) in [7, 11) is 0. The Morgan fingerprint density at radius 2 is 1.65 bits per heavy atom. The Morgan fingerprint density at radius 1 is 1.00 bits per heavy atom. The van der Waals surface area contributed by atoms with Crippen molar-refractivity contribution >= 4 is 15.9 Å². The monoisotopic (exact) mass is 294 g/mol. The van der Waals surface area contributed by atoms with E-state index in [9.17, 15) is 0 Å². The zero-order valence-corrected chi connectivity index (χ0v) is 12.9. The highest BCUT2D eigenvalue weighted by Gasteiger charge is 2.31. The summed E-state index contributed by atoms with van der Waals surface area (Å²) >= 11 is 3.89. The molecule has 2 rings (SSSR count). The van der Waals surface area contributed by atoms with Gasteiger partial charge in [-0.05, 0) is 47.3 Å². The molecule has 0 aliphatic heterocycles. The van der Waals surface area contributed by atoms with E-state index < -0.39 is 0 Å². The van der Waals surface area contributed by atoms with E-state index in [2.05, 4.69) is 61.8 Å². The molecule has 1 aliphatic carbocycles. The summed E-state index contributed by atoms with van der Waals surface area (Å²) in [4.78, 5) is 0.570. The first-order chi connectivity index (χ1) is 8.00. The van der Waals surface area contributed by atoms with Crippen LogP contribution in [0.1, 0.15) is 73.9 Å². The SMILES string of the molecule is CC(C)c1ccc(C(Br)C2CC2)c(C(C)C)c1. The van der Waals surface area contributed by atoms with E-state index in [-0.39, 0.29) is 0 Å². The van der Waals surface area contributed by atoms with Gasteiger partial charge in [-0.3, -0.25) is 0 Å². The summed E-state index contributed by atoms with van der Waals surface area (Å²) in [6.45, 7) is 9.14. The smallest absolute Gasteiger partial charge is 0.0426 e. The predicted molar refractivity (Wildman–Crippen MR) is 79.0 cm³/mol. The molecule has 1 atom stereocenters. The molecule has 17 heavy (non-hydrogen) atoms. The molecule has 1 saturated carbocycles. The van der Waals surface area contributed by atoms with E-state index in [0.29, 0.717) is 16.7 Å². The normalized spacial score (nSPS) is 17.8. The zero-order valence-electron chi connectivity index (χ0n) is 11.3. The summed E-state index contributed by atoms with van der Waals surface area (Å²) in [5.74, 6) is 2.11. The average Bonchev–Trinajstić information content (AvgIpc) is 3.10. The molecule has 0 heterocycles. The molecule has 0 bridgehead atoms. The maximum atomic E-state index is 3.89. The van der Waals surface area contributed by atoms with E-state index in [1.165, 1.54) is 29.5 Å². The van der Waals surface area contributed by atoms with Gasteiger partial charge in [-0.1, -0.05) is 61.8 Å². The van der Waals surface area contributed by atoms with Gasteiger partial charge in [0.25, 0.3) is 0 Å². The number of hydrogen-bond donors (Lipinski definition) is 0. The highest BCUT2D eigenvalue weighted by Crippen LogP contribution is 2.48. The Bertz CT molecular complexity index is 389. The number of alkyl halides is 1. The average molecular weight is 295 g/mol. The lowest BCUT2D eigenvalue weighted by molar-refractivity contribution is 0.769. The molecule has 1 aromatic rings. The van der Waals surface area contributed by atoms with Gasteiger partial charge in [-0.25, -0.2) is 0 Å². The van der Waals surface area contributed by atoms with Gasteiger partial charge in [0.15, 0.2) is 0 Å². The van der Waals surface area contributed by atoms with Crippen LogP contribution in [0, 0.1) is 5.92 Å². The first-order valence-corrected chi connectivity index (χ1v) is 7.70. The molecule has 0 saturated heterocycles. The van der Waals surface area contributed by atoms with Crippen molar-refractivity contribution in [2.45, 2.75) is 57.2 Å². The topological polar surface area (TPSA) is 0 Å². The second-order valence-electron chi connectivity index (χ2n) is 5.94. The van der Waals surface area contributed by atoms with Crippen molar-refractivity contribution in [1.29, 1.82) is 0 Å². The molecule has 1 fully saturated rings. The van der Waals surface area contributed by atoms with Crippen LogP contribution in [0.3, 0.4) is 0 Å². The summed E-state index contributed by atoms with van der Waals surface area (Å²) in [6, 6.07) is 7.08. The third kappa shape index (κ3) is 2.93. The maximum absolute atomic E-state index is 3.89. The molecule has 0 amide bonds. The lowest BCUT2D eigenvalue weighted by atomic mass is 9.89. The molecule has 0 aromatic heterocycles. The largest absolute Gasteiger partial charge is 0.0836 e. The second-order valence-corrected chi connectivity index (χ2v) is 6.92. The highest BCUT2D eigenvalue weighted by molar-refractivity contribution is 9.09. The first kappa shape index (κ1) is 13.1.